The third kappa shape index (κ3) is 5.85. The zero-order valence-corrected chi connectivity index (χ0v) is 14.6. The standard InChI is InChI=1S/C18H28N4O2/c1-3-7-15(2)19-18(24)22-12-10-21(11-13-22)14-17(23)20-16-8-5-4-6-9-16/h4-6,8-9,15H,3,7,10-14H2,1-2H3,(H,19,24)(H,20,23). The van der Waals surface area contributed by atoms with Crippen LogP contribution in [-0.2, 0) is 4.79 Å². The molecule has 1 fully saturated rings. The Labute approximate surface area is 144 Å². The first-order valence-corrected chi connectivity index (χ1v) is 8.71. The zero-order chi connectivity index (χ0) is 17.4. The quantitative estimate of drug-likeness (QED) is 0.839. The number of urea groups is 1. The van der Waals surface area contributed by atoms with Crippen molar-refractivity contribution in [1.29, 1.82) is 0 Å². The van der Waals surface area contributed by atoms with Crippen LogP contribution in [0.25, 0.3) is 0 Å². The second-order valence-electron chi connectivity index (χ2n) is 6.32. The molecular weight excluding hydrogens is 304 g/mol. The van der Waals surface area contributed by atoms with Crippen LogP contribution in [0.15, 0.2) is 30.3 Å². The van der Waals surface area contributed by atoms with Crippen LogP contribution in [0.4, 0.5) is 10.5 Å². The molecule has 1 atom stereocenters. The van der Waals surface area contributed by atoms with Crippen molar-refractivity contribution in [1.82, 2.24) is 15.1 Å². The van der Waals surface area contributed by atoms with Crippen LogP contribution in [0.3, 0.4) is 0 Å². The number of hydrogen-bond acceptors (Lipinski definition) is 3. The van der Waals surface area contributed by atoms with Gasteiger partial charge in [-0.3, -0.25) is 9.69 Å². The number of anilines is 1. The summed E-state index contributed by atoms with van der Waals surface area (Å²) < 4.78 is 0. The summed E-state index contributed by atoms with van der Waals surface area (Å²) in [6.07, 6.45) is 2.05. The number of para-hydroxylation sites is 1. The van der Waals surface area contributed by atoms with Gasteiger partial charge < -0.3 is 15.5 Å². The molecule has 2 rings (SSSR count). The summed E-state index contributed by atoms with van der Waals surface area (Å²) in [7, 11) is 0. The Balaban J connectivity index is 1.70. The largest absolute Gasteiger partial charge is 0.336 e. The highest BCUT2D eigenvalue weighted by molar-refractivity contribution is 5.92. The van der Waals surface area contributed by atoms with Crippen LogP contribution in [0.5, 0.6) is 0 Å². The fourth-order valence-corrected chi connectivity index (χ4v) is 2.84. The molecule has 24 heavy (non-hydrogen) atoms. The Morgan fingerprint density at radius 2 is 1.79 bits per heavy atom. The molecule has 6 heteroatoms. The van der Waals surface area contributed by atoms with Crippen molar-refractivity contribution in [2.24, 2.45) is 0 Å². The van der Waals surface area contributed by atoms with Crippen molar-refractivity contribution < 1.29 is 9.59 Å². The van der Waals surface area contributed by atoms with E-state index in [1.165, 1.54) is 0 Å². The van der Waals surface area contributed by atoms with Gasteiger partial charge in [0.05, 0.1) is 6.54 Å². The van der Waals surface area contributed by atoms with E-state index in [4.69, 9.17) is 0 Å². The van der Waals surface area contributed by atoms with Crippen molar-refractivity contribution in [2.45, 2.75) is 32.7 Å². The zero-order valence-electron chi connectivity index (χ0n) is 14.6. The lowest BCUT2D eigenvalue weighted by Gasteiger charge is -2.34. The molecule has 3 amide bonds. The highest BCUT2D eigenvalue weighted by Crippen LogP contribution is 2.07. The fraction of sp³-hybridized carbons (Fsp3) is 0.556. The molecule has 1 unspecified atom stereocenters. The lowest BCUT2D eigenvalue weighted by atomic mass is 10.2. The first-order valence-electron chi connectivity index (χ1n) is 8.71. The lowest BCUT2D eigenvalue weighted by molar-refractivity contribution is -0.117. The van der Waals surface area contributed by atoms with Gasteiger partial charge in [0, 0.05) is 37.9 Å². The number of amides is 3. The molecule has 0 aromatic heterocycles. The molecule has 132 valence electrons. The van der Waals surface area contributed by atoms with Gasteiger partial charge in [-0.15, -0.1) is 0 Å². The second kappa shape index (κ2) is 9.27. The van der Waals surface area contributed by atoms with E-state index in [0.29, 0.717) is 19.6 Å². The highest BCUT2D eigenvalue weighted by Gasteiger charge is 2.23. The summed E-state index contributed by atoms with van der Waals surface area (Å²) in [5.74, 6) is -0.0179. The smallest absolute Gasteiger partial charge is 0.317 e. The number of rotatable bonds is 6. The summed E-state index contributed by atoms with van der Waals surface area (Å²) in [6, 6.07) is 9.66. The van der Waals surface area contributed by atoms with Crippen LogP contribution >= 0.6 is 0 Å². The topological polar surface area (TPSA) is 64.7 Å². The molecule has 0 radical (unpaired) electrons. The molecule has 1 saturated heterocycles. The molecule has 6 nitrogen and oxygen atoms in total. The van der Waals surface area contributed by atoms with Crippen molar-refractivity contribution >= 4 is 17.6 Å². The average molecular weight is 332 g/mol. The van der Waals surface area contributed by atoms with Crippen LogP contribution in [-0.4, -0.2) is 60.5 Å². The number of benzene rings is 1. The highest BCUT2D eigenvalue weighted by atomic mass is 16.2. The Bertz CT molecular complexity index is 527. The number of carbonyl (C=O) groups is 2. The van der Waals surface area contributed by atoms with Gasteiger partial charge in [0.15, 0.2) is 0 Å². The third-order valence-electron chi connectivity index (χ3n) is 4.18. The molecule has 1 aromatic rings. The third-order valence-corrected chi connectivity index (χ3v) is 4.18. The van der Waals surface area contributed by atoms with Crippen molar-refractivity contribution in [3.63, 3.8) is 0 Å². The fourth-order valence-electron chi connectivity index (χ4n) is 2.84. The molecular formula is C18H28N4O2. The first kappa shape index (κ1) is 18.3. The van der Waals surface area contributed by atoms with Gasteiger partial charge in [-0.2, -0.15) is 0 Å². The maximum Gasteiger partial charge on any atom is 0.317 e. The normalized spacial score (nSPS) is 16.5. The molecule has 1 aliphatic heterocycles. The Hall–Kier alpha value is -2.08. The second-order valence-corrected chi connectivity index (χ2v) is 6.32. The number of hydrogen-bond donors (Lipinski definition) is 2. The molecule has 0 bridgehead atoms. The first-order chi connectivity index (χ1) is 11.6. The van der Waals surface area contributed by atoms with Gasteiger partial charge in [0.2, 0.25) is 5.91 Å². The van der Waals surface area contributed by atoms with E-state index >= 15 is 0 Å². The minimum Gasteiger partial charge on any atom is -0.336 e. The van der Waals surface area contributed by atoms with Gasteiger partial charge in [-0.05, 0) is 25.5 Å². The van der Waals surface area contributed by atoms with Gasteiger partial charge in [0.1, 0.15) is 0 Å². The molecule has 2 N–H and O–H groups in total. The van der Waals surface area contributed by atoms with Gasteiger partial charge >= 0.3 is 6.03 Å². The summed E-state index contributed by atoms with van der Waals surface area (Å²) in [4.78, 5) is 28.2. The van der Waals surface area contributed by atoms with E-state index in [0.717, 1.165) is 31.6 Å². The summed E-state index contributed by atoms with van der Waals surface area (Å²) in [6.45, 7) is 7.26. The monoisotopic (exact) mass is 332 g/mol. The predicted molar refractivity (Wildman–Crippen MR) is 96.0 cm³/mol. The van der Waals surface area contributed by atoms with E-state index in [2.05, 4.69) is 22.5 Å². The summed E-state index contributed by atoms with van der Waals surface area (Å²) >= 11 is 0. The number of carbonyl (C=O) groups excluding carboxylic acids is 2. The Kier molecular flexibility index (Phi) is 7.06. The van der Waals surface area contributed by atoms with Gasteiger partial charge in [0.25, 0.3) is 0 Å². The van der Waals surface area contributed by atoms with Crippen molar-refractivity contribution in [3.05, 3.63) is 30.3 Å². The van der Waals surface area contributed by atoms with Crippen LogP contribution in [0.1, 0.15) is 26.7 Å². The van der Waals surface area contributed by atoms with Crippen LogP contribution < -0.4 is 10.6 Å². The number of nitrogens with one attached hydrogen (secondary N) is 2. The number of nitrogens with zero attached hydrogens (tertiary/aromatic N) is 2. The predicted octanol–water partition coefficient (Wildman–Crippen LogP) is 2.14. The van der Waals surface area contributed by atoms with E-state index < -0.39 is 0 Å². The minimum absolute atomic E-state index is 0.00402. The van der Waals surface area contributed by atoms with E-state index in [9.17, 15) is 9.59 Å². The Morgan fingerprint density at radius 1 is 1.12 bits per heavy atom. The summed E-state index contributed by atoms with van der Waals surface area (Å²) in [5, 5.41) is 5.92. The maximum atomic E-state index is 12.2. The molecule has 1 aromatic carbocycles. The Morgan fingerprint density at radius 3 is 2.42 bits per heavy atom. The summed E-state index contributed by atoms with van der Waals surface area (Å²) in [5.41, 5.74) is 0.811. The van der Waals surface area contributed by atoms with E-state index in [1.807, 2.05) is 42.2 Å². The maximum absolute atomic E-state index is 12.2. The molecule has 1 heterocycles. The average Bonchev–Trinajstić information content (AvgIpc) is 2.56. The SMILES string of the molecule is CCCC(C)NC(=O)N1CCN(CC(=O)Nc2ccccc2)CC1. The minimum atomic E-state index is -0.0179. The number of piperazine rings is 1. The van der Waals surface area contributed by atoms with Gasteiger partial charge in [-0.1, -0.05) is 31.5 Å². The van der Waals surface area contributed by atoms with E-state index in [-0.39, 0.29) is 18.0 Å². The van der Waals surface area contributed by atoms with Gasteiger partial charge in [-0.25, -0.2) is 4.79 Å². The van der Waals surface area contributed by atoms with E-state index in [1.54, 1.807) is 0 Å². The van der Waals surface area contributed by atoms with Crippen molar-refractivity contribution in [2.75, 3.05) is 38.0 Å². The molecule has 1 aliphatic rings. The van der Waals surface area contributed by atoms with Crippen molar-refractivity contribution in [3.8, 4) is 0 Å². The molecule has 0 aliphatic carbocycles. The molecule has 0 saturated carbocycles. The molecule has 0 spiro atoms. The lowest BCUT2D eigenvalue weighted by Crippen LogP contribution is -2.54. The van der Waals surface area contributed by atoms with Crippen LogP contribution in [0.2, 0.25) is 0 Å². The van der Waals surface area contributed by atoms with Crippen LogP contribution in [0, 0.1) is 0 Å².